The van der Waals surface area contributed by atoms with E-state index in [4.69, 9.17) is 4.42 Å². The normalized spacial score (nSPS) is 20.0. The minimum atomic E-state index is -0.449. The van der Waals surface area contributed by atoms with Gasteiger partial charge in [-0.05, 0) is 42.9 Å². The van der Waals surface area contributed by atoms with Crippen LogP contribution in [0.5, 0.6) is 0 Å². The summed E-state index contributed by atoms with van der Waals surface area (Å²) in [6.07, 6.45) is 4.77. The Morgan fingerprint density at radius 2 is 1.80 bits per heavy atom. The predicted molar refractivity (Wildman–Crippen MR) is 92.8 cm³/mol. The van der Waals surface area contributed by atoms with Gasteiger partial charge in [-0.1, -0.05) is 30.3 Å². The number of piperidine rings is 1. The van der Waals surface area contributed by atoms with Gasteiger partial charge in [-0.15, -0.1) is 0 Å². The minimum Gasteiger partial charge on any atom is -0.459 e. The molecule has 0 bridgehead atoms. The number of likely N-dealkylation sites (tertiary alicyclic amines) is 1. The SMILES string of the molecule is O=C(C[NH+]1CCC(Cc2ccccc2)CC1)NNC(=O)c1ccco1. The molecule has 2 amide bonds. The standard InChI is InChI=1S/C19H23N3O3/c23-18(20-21-19(24)17-7-4-12-25-17)14-22-10-8-16(9-11-22)13-15-5-2-1-3-6-15/h1-7,12,16H,8-11,13-14H2,(H,20,23)(H,21,24)/p+1. The number of carbonyl (C=O) groups excluding carboxylic acids is 2. The van der Waals surface area contributed by atoms with Crippen molar-refractivity contribution >= 4 is 11.8 Å². The Labute approximate surface area is 147 Å². The molecule has 2 heterocycles. The maximum absolute atomic E-state index is 12.0. The molecule has 1 aliphatic rings. The first kappa shape index (κ1) is 17.2. The second-order valence-electron chi connectivity index (χ2n) is 6.54. The lowest BCUT2D eigenvalue weighted by atomic mass is 9.90. The Balaban J connectivity index is 1.35. The van der Waals surface area contributed by atoms with Crippen molar-refractivity contribution in [3.05, 3.63) is 60.1 Å². The molecule has 1 fully saturated rings. The number of quaternary nitrogens is 1. The third-order valence-corrected chi connectivity index (χ3v) is 4.65. The molecule has 1 aliphatic heterocycles. The molecule has 1 saturated heterocycles. The lowest BCUT2D eigenvalue weighted by Gasteiger charge is -2.28. The van der Waals surface area contributed by atoms with Crippen molar-refractivity contribution in [1.82, 2.24) is 10.9 Å². The van der Waals surface area contributed by atoms with Crippen LogP contribution in [0.25, 0.3) is 0 Å². The van der Waals surface area contributed by atoms with Gasteiger partial charge in [0.15, 0.2) is 12.3 Å². The molecule has 0 radical (unpaired) electrons. The zero-order chi connectivity index (χ0) is 17.5. The zero-order valence-corrected chi connectivity index (χ0v) is 14.2. The van der Waals surface area contributed by atoms with E-state index in [2.05, 4.69) is 35.1 Å². The van der Waals surface area contributed by atoms with E-state index < -0.39 is 5.91 Å². The molecule has 3 N–H and O–H groups in total. The second kappa shape index (κ2) is 8.48. The molecule has 25 heavy (non-hydrogen) atoms. The summed E-state index contributed by atoms with van der Waals surface area (Å²) in [7, 11) is 0. The zero-order valence-electron chi connectivity index (χ0n) is 14.2. The van der Waals surface area contributed by atoms with Crippen molar-refractivity contribution < 1.29 is 18.9 Å². The molecule has 0 saturated carbocycles. The molecule has 0 atom stereocenters. The first-order valence-corrected chi connectivity index (χ1v) is 8.71. The van der Waals surface area contributed by atoms with E-state index in [1.54, 1.807) is 12.1 Å². The highest BCUT2D eigenvalue weighted by Crippen LogP contribution is 2.16. The van der Waals surface area contributed by atoms with E-state index in [0.717, 1.165) is 32.4 Å². The third-order valence-electron chi connectivity index (χ3n) is 4.65. The Morgan fingerprint density at radius 1 is 1.04 bits per heavy atom. The third kappa shape index (κ3) is 5.19. The van der Waals surface area contributed by atoms with Crippen LogP contribution in [0.3, 0.4) is 0 Å². The summed E-state index contributed by atoms with van der Waals surface area (Å²) in [6.45, 7) is 2.34. The lowest BCUT2D eigenvalue weighted by Crippen LogP contribution is -3.14. The maximum atomic E-state index is 12.0. The lowest BCUT2D eigenvalue weighted by molar-refractivity contribution is -0.898. The highest BCUT2D eigenvalue weighted by Gasteiger charge is 2.24. The topological polar surface area (TPSA) is 75.8 Å². The molecule has 132 valence electrons. The van der Waals surface area contributed by atoms with Crippen molar-refractivity contribution in [3.8, 4) is 0 Å². The number of amides is 2. The van der Waals surface area contributed by atoms with Crippen LogP contribution in [-0.2, 0) is 11.2 Å². The summed E-state index contributed by atoms with van der Waals surface area (Å²) in [4.78, 5) is 24.9. The largest absolute Gasteiger partial charge is 0.459 e. The van der Waals surface area contributed by atoms with Gasteiger partial charge < -0.3 is 9.32 Å². The summed E-state index contributed by atoms with van der Waals surface area (Å²) in [5, 5.41) is 0. The van der Waals surface area contributed by atoms with Gasteiger partial charge in [0.2, 0.25) is 0 Å². The van der Waals surface area contributed by atoms with E-state index in [-0.39, 0.29) is 11.7 Å². The average molecular weight is 342 g/mol. The number of nitrogens with one attached hydrogen (secondary N) is 3. The van der Waals surface area contributed by atoms with Crippen molar-refractivity contribution in [3.63, 3.8) is 0 Å². The second-order valence-corrected chi connectivity index (χ2v) is 6.54. The molecular formula is C19H24N3O3+. The summed E-state index contributed by atoms with van der Waals surface area (Å²) in [6, 6.07) is 13.7. The number of hydrogen-bond donors (Lipinski definition) is 3. The van der Waals surface area contributed by atoms with Gasteiger partial charge in [0, 0.05) is 0 Å². The Bertz CT molecular complexity index is 677. The van der Waals surface area contributed by atoms with Crippen LogP contribution in [0.15, 0.2) is 53.1 Å². The molecule has 0 aliphatic carbocycles. The van der Waals surface area contributed by atoms with Gasteiger partial charge in [-0.25, -0.2) is 0 Å². The Hall–Kier alpha value is -2.60. The van der Waals surface area contributed by atoms with Crippen LogP contribution in [-0.4, -0.2) is 31.4 Å². The number of hydrazine groups is 1. The first-order valence-electron chi connectivity index (χ1n) is 8.71. The van der Waals surface area contributed by atoms with Gasteiger partial charge in [-0.2, -0.15) is 0 Å². The van der Waals surface area contributed by atoms with Crippen molar-refractivity contribution in [2.75, 3.05) is 19.6 Å². The molecule has 0 unspecified atom stereocenters. The number of furan rings is 1. The number of carbonyl (C=O) groups is 2. The average Bonchev–Trinajstić information content (AvgIpc) is 3.17. The number of hydrogen-bond acceptors (Lipinski definition) is 3. The number of benzene rings is 1. The molecular weight excluding hydrogens is 318 g/mol. The fourth-order valence-corrected chi connectivity index (χ4v) is 3.28. The Kier molecular flexibility index (Phi) is 5.85. The van der Waals surface area contributed by atoms with Gasteiger partial charge in [0.05, 0.1) is 19.4 Å². The van der Waals surface area contributed by atoms with E-state index in [1.807, 2.05) is 6.07 Å². The molecule has 2 aromatic rings. The predicted octanol–water partition coefficient (Wildman–Crippen LogP) is 0.578. The summed E-state index contributed by atoms with van der Waals surface area (Å²) in [5.41, 5.74) is 6.20. The van der Waals surface area contributed by atoms with Crippen LogP contribution in [0, 0.1) is 5.92 Å². The highest BCUT2D eigenvalue weighted by molar-refractivity contribution is 5.92. The molecule has 6 nitrogen and oxygen atoms in total. The maximum Gasteiger partial charge on any atom is 0.305 e. The monoisotopic (exact) mass is 342 g/mol. The van der Waals surface area contributed by atoms with Gasteiger partial charge in [0.25, 0.3) is 5.91 Å². The van der Waals surface area contributed by atoms with Crippen LogP contribution in [0.4, 0.5) is 0 Å². The quantitative estimate of drug-likeness (QED) is 0.696. The molecule has 6 heteroatoms. The van der Waals surface area contributed by atoms with Crippen LogP contribution < -0.4 is 15.8 Å². The smallest absolute Gasteiger partial charge is 0.305 e. The van der Waals surface area contributed by atoms with E-state index in [0.29, 0.717) is 12.5 Å². The van der Waals surface area contributed by atoms with Gasteiger partial charge in [-0.3, -0.25) is 20.4 Å². The van der Waals surface area contributed by atoms with E-state index >= 15 is 0 Å². The molecule has 1 aromatic carbocycles. The highest BCUT2D eigenvalue weighted by atomic mass is 16.3. The molecule has 1 aromatic heterocycles. The van der Waals surface area contributed by atoms with Gasteiger partial charge >= 0.3 is 5.91 Å². The van der Waals surface area contributed by atoms with Crippen LogP contribution in [0.1, 0.15) is 29.0 Å². The fraction of sp³-hybridized carbons (Fsp3) is 0.368. The van der Waals surface area contributed by atoms with Gasteiger partial charge in [0.1, 0.15) is 0 Å². The molecule has 3 rings (SSSR count). The summed E-state index contributed by atoms with van der Waals surface area (Å²) < 4.78 is 4.97. The van der Waals surface area contributed by atoms with E-state index in [9.17, 15) is 9.59 Å². The first-order chi connectivity index (χ1) is 12.2. The Morgan fingerprint density at radius 3 is 2.48 bits per heavy atom. The summed E-state index contributed by atoms with van der Waals surface area (Å²) in [5.74, 6) is 0.230. The van der Waals surface area contributed by atoms with Crippen LogP contribution in [0.2, 0.25) is 0 Å². The molecule has 0 spiro atoms. The van der Waals surface area contributed by atoms with Crippen molar-refractivity contribution in [1.29, 1.82) is 0 Å². The van der Waals surface area contributed by atoms with E-state index in [1.165, 1.54) is 16.7 Å². The summed E-state index contributed by atoms with van der Waals surface area (Å²) >= 11 is 0. The number of rotatable bonds is 5. The fourth-order valence-electron chi connectivity index (χ4n) is 3.28. The minimum absolute atomic E-state index is 0.175. The van der Waals surface area contributed by atoms with Crippen LogP contribution >= 0.6 is 0 Å². The van der Waals surface area contributed by atoms with Crippen molar-refractivity contribution in [2.45, 2.75) is 19.3 Å². The van der Waals surface area contributed by atoms with Crippen molar-refractivity contribution in [2.24, 2.45) is 5.92 Å².